The predicted molar refractivity (Wildman–Crippen MR) is 298 cm³/mol. The molecule has 1 spiro atoms. The number of thiophene rings is 1. The molecule has 0 saturated heterocycles. The highest BCUT2D eigenvalue weighted by atomic mass is 32.1. The first-order valence-corrected chi connectivity index (χ1v) is 25.3. The zero-order chi connectivity index (χ0) is 46.9. The summed E-state index contributed by atoms with van der Waals surface area (Å²) in [4.78, 5) is 4.85. The zero-order valence-electron chi connectivity index (χ0n) is 38.9. The number of hydrogen-bond donors (Lipinski definition) is 0. The molecular formula is C68H46N2S. The van der Waals surface area contributed by atoms with Gasteiger partial charge < -0.3 is 9.80 Å². The van der Waals surface area contributed by atoms with Crippen molar-refractivity contribution >= 4 is 65.6 Å². The lowest BCUT2D eigenvalue weighted by molar-refractivity contribution is 0.623. The molecule has 0 saturated carbocycles. The summed E-state index contributed by atoms with van der Waals surface area (Å²) < 4.78 is 2.58. The summed E-state index contributed by atoms with van der Waals surface area (Å²) in [6.07, 6.45) is 0. The van der Waals surface area contributed by atoms with Gasteiger partial charge in [0, 0.05) is 54.2 Å². The first kappa shape index (κ1) is 41.2. The van der Waals surface area contributed by atoms with Crippen LogP contribution in [0.2, 0.25) is 0 Å². The van der Waals surface area contributed by atoms with Crippen molar-refractivity contribution in [3.8, 4) is 11.1 Å². The SMILES string of the molecule is c1ccc(N(c2ccccc2)c2ccc(N(c3ccc4sc5ccccc5c4c3)c3cccc4c3-c3ccccc3C43c4ccccc4C(c4ccccc4)(c4ccccc4)c4ccccc43)cc2)cc1. The number of benzene rings is 11. The molecule has 3 heteroatoms. The molecule has 11 aromatic carbocycles. The van der Waals surface area contributed by atoms with Gasteiger partial charge in [0.05, 0.1) is 16.5 Å². The van der Waals surface area contributed by atoms with Gasteiger partial charge in [-0.2, -0.15) is 0 Å². The van der Waals surface area contributed by atoms with E-state index in [4.69, 9.17) is 0 Å². The fourth-order valence-corrected chi connectivity index (χ4v) is 13.5. The van der Waals surface area contributed by atoms with Crippen molar-refractivity contribution in [2.45, 2.75) is 10.8 Å². The predicted octanol–water partition coefficient (Wildman–Crippen LogP) is 18.1. The maximum atomic E-state index is 2.51. The third-order valence-corrected chi connectivity index (χ3v) is 16.3. The summed E-state index contributed by atoms with van der Waals surface area (Å²) in [7, 11) is 0. The zero-order valence-corrected chi connectivity index (χ0v) is 39.7. The Balaban J connectivity index is 1.04. The minimum atomic E-state index is -0.628. The minimum Gasteiger partial charge on any atom is -0.311 e. The van der Waals surface area contributed by atoms with Crippen molar-refractivity contribution in [1.29, 1.82) is 0 Å². The third kappa shape index (κ3) is 6.07. The van der Waals surface area contributed by atoms with E-state index >= 15 is 0 Å². The van der Waals surface area contributed by atoms with Gasteiger partial charge in [0.25, 0.3) is 0 Å². The molecule has 0 unspecified atom stereocenters. The van der Waals surface area contributed by atoms with Gasteiger partial charge >= 0.3 is 0 Å². The molecule has 12 aromatic rings. The van der Waals surface area contributed by atoms with Crippen LogP contribution in [0.1, 0.15) is 44.5 Å². The summed E-state index contributed by atoms with van der Waals surface area (Å²) in [5.74, 6) is 0. The quantitative estimate of drug-likeness (QED) is 0.150. The van der Waals surface area contributed by atoms with E-state index in [1.54, 1.807) is 0 Å². The Morgan fingerprint density at radius 1 is 0.268 bits per heavy atom. The number of rotatable bonds is 8. The highest BCUT2D eigenvalue weighted by Crippen LogP contribution is 2.66. The van der Waals surface area contributed by atoms with Crippen LogP contribution in [0.5, 0.6) is 0 Å². The van der Waals surface area contributed by atoms with E-state index in [0.29, 0.717) is 0 Å². The minimum absolute atomic E-state index is 0.573. The van der Waals surface area contributed by atoms with Crippen LogP contribution in [0.3, 0.4) is 0 Å². The van der Waals surface area contributed by atoms with Crippen LogP contribution in [0.25, 0.3) is 31.3 Å². The van der Waals surface area contributed by atoms with Crippen LogP contribution in [-0.4, -0.2) is 0 Å². The van der Waals surface area contributed by atoms with Gasteiger partial charge in [0.15, 0.2) is 0 Å². The van der Waals surface area contributed by atoms with E-state index < -0.39 is 10.8 Å². The Morgan fingerprint density at radius 3 is 1.28 bits per heavy atom. The van der Waals surface area contributed by atoms with E-state index in [-0.39, 0.29) is 0 Å². The molecule has 14 rings (SSSR count). The van der Waals surface area contributed by atoms with E-state index in [9.17, 15) is 0 Å². The van der Waals surface area contributed by atoms with Crippen molar-refractivity contribution in [3.63, 3.8) is 0 Å². The molecule has 0 fully saturated rings. The average Bonchev–Trinajstić information content (AvgIpc) is 3.97. The molecule has 334 valence electrons. The number of para-hydroxylation sites is 2. The molecule has 71 heavy (non-hydrogen) atoms. The fraction of sp³-hybridized carbons (Fsp3) is 0.0294. The standard InChI is InChI=1S/C68H46N2S/c1-5-22-47(23-6-1)67(48-24-7-2-8-25-48)58-33-16-18-35-60(58)68(61-36-19-17-34-59(61)67)57-32-15-13-31-55(57)66-62(68)37-21-38-63(66)70(53-44-45-65-56(46-53)54-30-14-20-39-64(54)71-65)52-42-40-51(41-43-52)69(49-26-9-3-10-27-49)50-28-11-4-12-29-50/h1-46H. The van der Waals surface area contributed by atoms with Gasteiger partial charge in [-0.05, 0) is 129 Å². The third-order valence-electron chi connectivity index (χ3n) is 15.2. The molecular weight excluding hydrogens is 877 g/mol. The lowest BCUT2D eigenvalue weighted by Crippen LogP contribution is -2.44. The Morgan fingerprint density at radius 2 is 0.690 bits per heavy atom. The lowest BCUT2D eigenvalue weighted by atomic mass is 9.51. The lowest BCUT2D eigenvalue weighted by Gasteiger charge is -2.50. The number of hydrogen-bond acceptors (Lipinski definition) is 3. The molecule has 0 aliphatic heterocycles. The maximum Gasteiger partial charge on any atom is 0.0720 e. The summed E-state index contributed by atoms with van der Waals surface area (Å²) >= 11 is 1.86. The van der Waals surface area contributed by atoms with Gasteiger partial charge in [-0.25, -0.2) is 0 Å². The maximum absolute atomic E-state index is 2.51. The van der Waals surface area contributed by atoms with Gasteiger partial charge in [-0.3, -0.25) is 0 Å². The molecule has 1 aromatic heterocycles. The van der Waals surface area contributed by atoms with Crippen LogP contribution >= 0.6 is 11.3 Å². The van der Waals surface area contributed by atoms with E-state index in [1.807, 2.05) is 11.3 Å². The topological polar surface area (TPSA) is 6.48 Å². The Bertz CT molecular complexity index is 3810. The number of anilines is 6. The van der Waals surface area contributed by atoms with Crippen LogP contribution in [0, 0.1) is 0 Å². The van der Waals surface area contributed by atoms with Crippen LogP contribution < -0.4 is 9.80 Å². The van der Waals surface area contributed by atoms with Gasteiger partial charge in [0.1, 0.15) is 0 Å². The van der Waals surface area contributed by atoms with Gasteiger partial charge in [-0.15, -0.1) is 11.3 Å². The monoisotopic (exact) mass is 922 g/mol. The second-order valence-corrected chi connectivity index (χ2v) is 19.8. The van der Waals surface area contributed by atoms with Crippen molar-refractivity contribution in [3.05, 3.63) is 324 Å². The molecule has 2 aliphatic carbocycles. The van der Waals surface area contributed by atoms with Crippen LogP contribution in [-0.2, 0) is 10.8 Å². The number of fused-ring (bicyclic) bond motifs is 12. The molecule has 1 heterocycles. The van der Waals surface area contributed by atoms with Crippen molar-refractivity contribution in [2.75, 3.05) is 9.80 Å². The van der Waals surface area contributed by atoms with E-state index in [0.717, 1.165) is 34.1 Å². The van der Waals surface area contributed by atoms with Crippen molar-refractivity contribution < 1.29 is 0 Å². The highest BCUT2D eigenvalue weighted by molar-refractivity contribution is 7.25. The summed E-state index contributed by atoms with van der Waals surface area (Å²) in [5.41, 5.74) is 18.2. The van der Waals surface area contributed by atoms with Crippen molar-refractivity contribution in [1.82, 2.24) is 0 Å². The molecule has 0 bridgehead atoms. The van der Waals surface area contributed by atoms with E-state index in [1.165, 1.54) is 75.8 Å². The van der Waals surface area contributed by atoms with Crippen LogP contribution in [0.4, 0.5) is 34.1 Å². The largest absolute Gasteiger partial charge is 0.311 e. The summed E-state index contributed by atoms with van der Waals surface area (Å²) in [6.45, 7) is 0. The number of nitrogens with zero attached hydrogens (tertiary/aromatic N) is 2. The summed E-state index contributed by atoms with van der Waals surface area (Å²) in [5, 5.41) is 2.55. The van der Waals surface area contributed by atoms with E-state index in [2.05, 4.69) is 289 Å². The molecule has 0 amide bonds. The average molecular weight is 923 g/mol. The highest BCUT2D eigenvalue weighted by Gasteiger charge is 2.57. The second kappa shape index (κ2) is 16.4. The second-order valence-electron chi connectivity index (χ2n) is 18.7. The Hall–Kier alpha value is -8.76. The van der Waals surface area contributed by atoms with Gasteiger partial charge in [0.2, 0.25) is 0 Å². The smallest absolute Gasteiger partial charge is 0.0720 e. The Labute approximate surface area is 418 Å². The molecule has 0 N–H and O–H groups in total. The first-order valence-electron chi connectivity index (χ1n) is 24.5. The molecule has 0 radical (unpaired) electrons. The molecule has 2 nitrogen and oxygen atoms in total. The normalized spacial score (nSPS) is 13.6. The van der Waals surface area contributed by atoms with Gasteiger partial charge in [-0.1, -0.05) is 200 Å². The Kier molecular flexibility index (Phi) is 9.55. The first-order chi connectivity index (χ1) is 35.2. The molecule has 2 aliphatic rings. The molecule has 0 atom stereocenters. The fourth-order valence-electron chi connectivity index (χ4n) is 12.4. The summed E-state index contributed by atoms with van der Waals surface area (Å²) in [6, 6.07) is 104. The van der Waals surface area contributed by atoms with Crippen molar-refractivity contribution in [2.24, 2.45) is 0 Å². The van der Waals surface area contributed by atoms with Crippen LogP contribution in [0.15, 0.2) is 279 Å².